The fourth-order valence-corrected chi connectivity index (χ4v) is 1.08. The Morgan fingerprint density at radius 2 is 2.20 bits per heavy atom. The molecule has 82 valence electrons. The third kappa shape index (κ3) is 2.77. The van der Waals surface area contributed by atoms with E-state index in [4.69, 9.17) is 9.84 Å². The summed E-state index contributed by atoms with van der Waals surface area (Å²) >= 11 is 0. The number of ether oxygens (including phenoxy) is 1. The molecular weight excluding hydrogens is 198 g/mol. The number of benzene rings is 1. The van der Waals surface area contributed by atoms with Crippen LogP contribution in [0.2, 0.25) is 0 Å². The zero-order valence-corrected chi connectivity index (χ0v) is 8.52. The first kappa shape index (κ1) is 11.2. The van der Waals surface area contributed by atoms with Crippen LogP contribution < -0.4 is 10.1 Å². The van der Waals surface area contributed by atoms with Gasteiger partial charge in [-0.05, 0) is 19.1 Å². The van der Waals surface area contributed by atoms with Crippen molar-refractivity contribution in [3.05, 3.63) is 18.2 Å². The lowest BCUT2D eigenvalue weighted by atomic mass is 10.2. The highest BCUT2D eigenvalue weighted by Crippen LogP contribution is 2.28. The summed E-state index contributed by atoms with van der Waals surface area (Å²) in [5, 5.41) is 20.7. The number of phenols is 1. The van der Waals surface area contributed by atoms with Gasteiger partial charge in [-0.3, -0.25) is 4.79 Å². The maximum Gasteiger partial charge on any atom is 0.325 e. The molecule has 0 aliphatic heterocycles. The Labute approximate surface area is 87.3 Å². The first-order chi connectivity index (χ1) is 7.04. The van der Waals surface area contributed by atoms with Crippen LogP contribution in [0.4, 0.5) is 5.69 Å². The Bertz CT molecular complexity index is 364. The highest BCUT2D eigenvalue weighted by atomic mass is 16.5. The van der Waals surface area contributed by atoms with Crippen LogP contribution >= 0.6 is 0 Å². The molecule has 0 saturated carbocycles. The number of carboxylic acid groups (broad SMARTS) is 1. The molecule has 15 heavy (non-hydrogen) atoms. The molecule has 1 rings (SSSR count). The van der Waals surface area contributed by atoms with Gasteiger partial charge in [0, 0.05) is 11.8 Å². The maximum atomic E-state index is 10.6. The van der Waals surface area contributed by atoms with E-state index in [9.17, 15) is 9.90 Å². The van der Waals surface area contributed by atoms with E-state index >= 15 is 0 Å². The molecule has 0 aromatic heterocycles. The molecule has 1 atom stereocenters. The quantitative estimate of drug-likeness (QED) is 0.654. The Morgan fingerprint density at radius 3 is 2.73 bits per heavy atom. The largest absolute Gasteiger partial charge is 0.504 e. The minimum atomic E-state index is -0.943. The van der Waals surface area contributed by atoms with Gasteiger partial charge in [0.05, 0.1) is 7.11 Å². The van der Waals surface area contributed by atoms with Crippen LogP contribution in [-0.4, -0.2) is 29.3 Å². The molecule has 3 N–H and O–H groups in total. The Morgan fingerprint density at radius 1 is 1.53 bits per heavy atom. The van der Waals surface area contributed by atoms with E-state index < -0.39 is 12.0 Å². The highest BCUT2D eigenvalue weighted by molar-refractivity contribution is 5.77. The molecule has 0 bridgehead atoms. The van der Waals surface area contributed by atoms with Crippen molar-refractivity contribution in [1.29, 1.82) is 0 Å². The summed E-state index contributed by atoms with van der Waals surface area (Å²) in [5.74, 6) is -0.620. The summed E-state index contributed by atoms with van der Waals surface area (Å²) in [6, 6.07) is 3.86. The number of carbonyl (C=O) groups is 1. The van der Waals surface area contributed by atoms with Crippen LogP contribution in [0, 0.1) is 0 Å². The van der Waals surface area contributed by atoms with Crippen LogP contribution in [0.15, 0.2) is 18.2 Å². The molecule has 0 saturated heterocycles. The molecule has 1 unspecified atom stereocenters. The van der Waals surface area contributed by atoms with E-state index in [1.807, 2.05) is 0 Å². The number of aromatic hydroxyl groups is 1. The molecular formula is C10H13NO4. The van der Waals surface area contributed by atoms with Gasteiger partial charge in [-0.15, -0.1) is 0 Å². The number of phenolic OH excluding ortho intramolecular Hbond substituents is 1. The van der Waals surface area contributed by atoms with Crippen molar-refractivity contribution in [2.24, 2.45) is 0 Å². The monoisotopic (exact) mass is 211 g/mol. The van der Waals surface area contributed by atoms with E-state index in [2.05, 4.69) is 5.32 Å². The van der Waals surface area contributed by atoms with Gasteiger partial charge in [0.1, 0.15) is 6.04 Å². The van der Waals surface area contributed by atoms with Crippen molar-refractivity contribution in [1.82, 2.24) is 0 Å². The molecule has 0 aliphatic carbocycles. The summed E-state index contributed by atoms with van der Waals surface area (Å²) in [7, 11) is 1.43. The number of hydrogen-bond acceptors (Lipinski definition) is 4. The van der Waals surface area contributed by atoms with Crippen molar-refractivity contribution >= 4 is 11.7 Å². The summed E-state index contributed by atoms with van der Waals surface area (Å²) < 4.78 is 4.89. The molecule has 0 fully saturated rings. The van der Waals surface area contributed by atoms with Crippen molar-refractivity contribution in [2.45, 2.75) is 13.0 Å². The number of carboxylic acids is 1. The molecule has 0 amide bonds. The van der Waals surface area contributed by atoms with E-state index in [-0.39, 0.29) is 5.75 Å². The van der Waals surface area contributed by atoms with Gasteiger partial charge in [0.15, 0.2) is 11.5 Å². The van der Waals surface area contributed by atoms with Gasteiger partial charge < -0.3 is 20.3 Å². The Balaban J connectivity index is 2.83. The average molecular weight is 211 g/mol. The zero-order chi connectivity index (χ0) is 11.4. The summed E-state index contributed by atoms with van der Waals surface area (Å²) in [5.41, 5.74) is 0.583. The second-order valence-electron chi connectivity index (χ2n) is 3.09. The smallest absolute Gasteiger partial charge is 0.325 e. The predicted molar refractivity (Wildman–Crippen MR) is 55.4 cm³/mol. The molecule has 1 aromatic carbocycles. The average Bonchev–Trinajstić information content (AvgIpc) is 2.20. The highest BCUT2D eigenvalue weighted by Gasteiger charge is 2.11. The Kier molecular flexibility index (Phi) is 3.38. The second kappa shape index (κ2) is 4.54. The van der Waals surface area contributed by atoms with Gasteiger partial charge in [0.25, 0.3) is 0 Å². The summed E-state index contributed by atoms with van der Waals surface area (Å²) in [4.78, 5) is 10.6. The normalized spacial score (nSPS) is 11.9. The van der Waals surface area contributed by atoms with Crippen molar-refractivity contribution in [2.75, 3.05) is 12.4 Å². The maximum absolute atomic E-state index is 10.6. The van der Waals surface area contributed by atoms with E-state index in [0.29, 0.717) is 11.4 Å². The minimum absolute atomic E-state index is 0.0195. The SMILES string of the molecule is COc1cc(NC(C)C(=O)O)ccc1O. The van der Waals surface area contributed by atoms with Gasteiger partial charge in [-0.1, -0.05) is 0 Å². The lowest BCUT2D eigenvalue weighted by molar-refractivity contribution is -0.137. The molecule has 0 heterocycles. The van der Waals surface area contributed by atoms with Crippen molar-refractivity contribution in [3.63, 3.8) is 0 Å². The van der Waals surface area contributed by atoms with Gasteiger partial charge >= 0.3 is 5.97 Å². The molecule has 1 aromatic rings. The fourth-order valence-electron chi connectivity index (χ4n) is 1.08. The molecule has 5 heteroatoms. The first-order valence-electron chi connectivity index (χ1n) is 4.41. The lowest BCUT2D eigenvalue weighted by Crippen LogP contribution is -2.25. The van der Waals surface area contributed by atoms with E-state index in [1.165, 1.54) is 26.2 Å². The summed E-state index contributed by atoms with van der Waals surface area (Å²) in [6.45, 7) is 1.53. The number of aliphatic carboxylic acids is 1. The number of methoxy groups -OCH3 is 1. The van der Waals surface area contributed by atoms with Crippen LogP contribution in [-0.2, 0) is 4.79 Å². The Hall–Kier alpha value is -1.91. The number of nitrogens with one attached hydrogen (secondary N) is 1. The fraction of sp³-hybridized carbons (Fsp3) is 0.300. The predicted octanol–water partition coefficient (Wildman–Crippen LogP) is 1.29. The second-order valence-corrected chi connectivity index (χ2v) is 3.09. The number of hydrogen-bond donors (Lipinski definition) is 3. The standard InChI is InChI=1S/C10H13NO4/c1-6(10(13)14)11-7-3-4-8(12)9(5-7)15-2/h3-6,11-12H,1-2H3,(H,13,14). The van der Waals surface area contributed by atoms with Crippen LogP contribution in [0.1, 0.15) is 6.92 Å². The van der Waals surface area contributed by atoms with Crippen LogP contribution in [0.5, 0.6) is 11.5 Å². The number of rotatable bonds is 4. The molecule has 5 nitrogen and oxygen atoms in total. The van der Waals surface area contributed by atoms with Crippen LogP contribution in [0.3, 0.4) is 0 Å². The topological polar surface area (TPSA) is 78.8 Å². The van der Waals surface area contributed by atoms with Crippen molar-refractivity contribution < 1.29 is 19.7 Å². The first-order valence-corrected chi connectivity index (χ1v) is 4.41. The third-order valence-electron chi connectivity index (χ3n) is 1.93. The molecule has 0 radical (unpaired) electrons. The minimum Gasteiger partial charge on any atom is -0.504 e. The lowest BCUT2D eigenvalue weighted by Gasteiger charge is -2.12. The molecule has 0 aliphatic rings. The van der Waals surface area contributed by atoms with Crippen LogP contribution in [0.25, 0.3) is 0 Å². The van der Waals surface area contributed by atoms with Crippen molar-refractivity contribution in [3.8, 4) is 11.5 Å². The van der Waals surface area contributed by atoms with Gasteiger partial charge in [0.2, 0.25) is 0 Å². The number of anilines is 1. The summed E-state index contributed by atoms with van der Waals surface area (Å²) in [6.07, 6.45) is 0. The molecule has 0 spiro atoms. The van der Waals surface area contributed by atoms with Gasteiger partial charge in [-0.2, -0.15) is 0 Å². The van der Waals surface area contributed by atoms with E-state index in [0.717, 1.165) is 0 Å². The zero-order valence-electron chi connectivity index (χ0n) is 8.52. The third-order valence-corrected chi connectivity index (χ3v) is 1.93. The van der Waals surface area contributed by atoms with E-state index in [1.54, 1.807) is 6.07 Å². The van der Waals surface area contributed by atoms with Gasteiger partial charge in [-0.25, -0.2) is 0 Å².